The van der Waals surface area contributed by atoms with Crippen LogP contribution in [0.2, 0.25) is 0 Å². The molecule has 0 unspecified atom stereocenters. The normalized spacial score (nSPS) is 19.6. The van der Waals surface area contributed by atoms with Crippen molar-refractivity contribution >= 4 is 16.8 Å². The fraction of sp³-hybridized carbons (Fsp3) is 0.318. The number of carbonyl (C=O) groups excluding carboxylic acids is 1. The first-order chi connectivity index (χ1) is 15.1. The minimum Gasteiger partial charge on any atom is -0.394 e. The number of aromatic nitrogens is 1. The molecule has 1 aliphatic rings. The summed E-state index contributed by atoms with van der Waals surface area (Å²) in [6, 6.07) is 4.87. The molecule has 3 aromatic rings. The zero-order valence-corrected chi connectivity index (χ0v) is 16.4. The van der Waals surface area contributed by atoms with Crippen molar-refractivity contribution in [3.63, 3.8) is 0 Å². The van der Waals surface area contributed by atoms with Gasteiger partial charge in [-0.25, -0.2) is 13.2 Å². The van der Waals surface area contributed by atoms with Gasteiger partial charge in [0.2, 0.25) is 5.91 Å². The maximum atomic E-state index is 14.4. The van der Waals surface area contributed by atoms with Crippen molar-refractivity contribution in [1.29, 1.82) is 0 Å². The van der Waals surface area contributed by atoms with Crippen LogP contribution in [0.25, 0.3) is 22.2 Å². The maximum Gasteiger partial charge on any atom is 0.410 e. The molecule has 1 aliphatic carbocycles. The molecular weight excluding hydrogens is 438 g/mol. The van der Waals surface area contributed by atoms with Gasteiger partial charge in [-0.2, -0.15) is 13.2 Å². The van der Waals surface area contributed by atoms with E-state index in [9.17, 15) is 31.1 Å². The lowest BCUT2D eigenvalue weighted by Crippen LogP contribution is -2.51. The Balaban J connectivity index is 1.64. The maximum absolute atomic E-state index is 14.4. The second-order valence-electron chi connectivity index (χ2n) is 7.88. The summed E-state index contributed by atoms with van der Waals surface area (Å²) in [5.41, 5.74) is 1.51. The summed E-state index contributed by atoms with van der Waals surface area (Å²) in [4.78, 5) is 15.1. The quantitative estimate of drug-likeness (QED) is 0.484. The molecule has 0 bridgehead atoms. The Morgan fingerprint density at radius 3 is 2.34 bits per heavy atom. The number of benzene rings is 2. The molecule has 3 N–H and O–H groups in total. The zero-order chi connectivity index (χ0) is 23.2. The van der Waals surface area contributed by atoms with Gasteiger partial charge in [-0.1, -0.05) is 0 Å². The molecule has 0 aliphatic heterocycles. The predicted octanol–water partition coefficient (Wildman–Crippen LogP) is 4.79. The predicted molar refractivity (Wildman–Crippen MR) is 104 cm³/mol. The van der Waals surface area contributed by atoms with Crippen LogP contribution in [0.3, 0.4) is 0 Å². The van der Waals surface area contributed by atoms with Crippen molar-refractivity contribution < 1.29 is 36.2 Å². The summed E-state index contributed by atoms with van der Waals surface area (Å²) < 4.78 is 80.1. The van der Waals surface area contributed by atoms with Gasteiger partial charge < -0.3 is 15.4 Å². The second-order valence-corrected chi connectivity index (χ2v) is 7.88. The average molecular weight is 456 g/mol. The highest BCUT2D eigenvalue weighted by atomic mass is 19.4. The SMILES string of the molecule is O=C(N[C@H](CO)C(F)(F)F)[C@H]1C[C@H](c2c(-c3ccc(F)cc3)[nH]c3c(F)cc(F)cc32)C1. The Morgan fingerprint density at radius 1 is 1.09 bits per heavy atom. The highest BCUT2D eigenvalue weighted by Crippen LogP contribution is 2.48. The minimum atomic E-state index is -4.78. The number of aliphatic hydroxyl groups is 1. The first-order valence-electron chi connectivity index (χ1n) is 9.83. The number of H-pyrrole nitrogens is 1. The van der Waals surface area contributed by atoms with Gasteiger partial charge in [-0.15, -0.1) is 0 Å². The standard InChI is InChI=1S/C22H18F6N2O2/c23-13-3-1-10(2-4-13)19-18(15-7-14(24)8-16(25)20(15)30-19)11-5-12(6-11)21(32)29-17(9-31)22(26,27)28/h1-4,7-8,11-12,17,30-31H,5-6,9H2,(H,29,32)/t11-,12-,17-/m1/s1. The molecule has 4 nitrogen and oxygen atoms in total. The van der Waals surface area contributed by atoms with Crippen LogP contribution in [0.15, 0.2) is 36.4 Å². The molecular formula is C22H18F6N2O2. The van der Waals surface area contributed by atoms with Crippen LogP contribution in [-0.4, -0.2) is 34.8 Å². The van der Waals surface area contributed by atoms with Crippen LogP contribution in [-0.2, 0) is 4.79 Å². The number of aliphatic hydroxyl groups excluding tert-OH is 1. The third-order valence-corrected chi connectivity index (χ3v) is 5.81. The lowest BCUT2D eigenvalue weighted by Gasteiger charge is -2.36. The molecule has 0 saturated heterocycles. The summed E-state index contributed by atoms with van der Waals surface area (Å²) in [5.74, 6) is -4.06. The van der Waals surface area contributed by atoms with E-state index in [-0.39, 0.29) is 29.7 Å². The lowest BCUT2D eigenvalue weighted by atomic mass is 9.69. The molecule has 1 amide bonds. The Kier molecular flexibility index (Phi) is 5.66. The van der Waals surface area contributed by atoms with Crippen molar-refractivity contribution in [3.8, 4) is 11.3 Å². The molecule has 10 heteroatoms. The highest BCUT2D eigenvalue weighted by Gasteiger charge is 2.44. The third-order valence-electron chi connectivity index (χ3n) is 5.81. The van der Waals surface area contributed by atoms with Crippen molar-refractivity contribution in [2.75, 3.05) is 6.61 Å². The molecule has 2 aromatic carbocycles. The molecule has 32 heavy (non-hydrogen) atoms. The topological polar surface area (TPSA) is 65.1 Å². The summed E-state index contributed by atoms with van der Waals surface area (Å²) in [6.45, 7) is -1.28. The van der Waals surface area contributed by atoms with Crippen LogP contribution >= 0.6 is 0 Å². The lowest BCUT2D eigenvalue weighted by molar-refractivity contribution is -0.170. The Labute approximate surface area is 178 Å². The smallest absolute Gasteiger partial charge is 0.394 e. The second kappa shape index (κ2) is 8.16. The van der Waals surface area contributed by atoms with E-state index in [1.165, 1.54) is 24.3 Å². The van der Waals surface area contributed by atoms with Crippen LogP contribution < -0.4 is 5.32 Å². The zero-order valence-electron chi connectivity index (χ0n) is 16.4. The molecule has 4 rings (SSSR count). The summed E-state index contributed by atoms with van der Waals surface area (Å²) in [7, 11) is 0. The van der Waals surface area contributed by atoms with Crippen molar-refractivity contribution in [2.24, 2.45) is 5.92 Å². The van der Waals surface area contributed by atoms with Crippen molar-refractivity contribution in [1.82, 2.24) is 10.3 Å². The van der Waals surface area contributed by atoms with Crippen molar-refractivity contribution in [2.45, 2.75) is 31.0 Å². The van der Waals surface area contributed by atoms with E-state index in [1.807, 2.05) is 0 Å². The fourth-order valence-electron chi connectivity index (χ4n) is 4.10. The summed E-state index contributed by atoms with van der Waals surface area (Å²) in [5, 5.41) is 11.0. The Hall–Kier alpha value is -3.01. The molecule has 1 heterocycles. The number of halogens is 6. The minimum absolute atomic E-state index is 0.0473. The van der Waals surface area contributed by atoms with Gasteiger partial charge >= 0.3 is 6.18 Å². The van der Waals surface area contributed by atoms with E-state index >= 15 is 0 Å². The van der Waals surface area contributed by atoms with Crippen LogP contribution in [0, 0.1) is 23.4 Å². The Morgan fingerprint density at radius 2 is 1.75 bits per heavy atom. The number of hydrogen-bond acceptors (Lipinski definition) is 2. The molecule has 0 spiro atoms. The number of aromatic amines is 1. The summed E-state index contributed by atoms with van der Waals surface area (Å²) in [6.07, 6.45) is -4.47. The fourth-order valence-corrected chi connectivity index (χ4v) is 4.10. The van der Waals surface area contributed by atoms with Crippen LogP contribution in [0.4, 0.5) is 26.3 Å². The monoisotopic (exact) mass is 456 g/mol. The molecule has 1 saturated carbocycles. The molecule has 170 valence electrons. The van der Waals surface area contributed by atoms with Gasteiger partial charge in [0, 0.05) is 17.4 Å². The third kappa shape index (κ3) is 4.06. The van der Waals surface area contributed by atoms with Gasteiger partial charge in [-0.3, -0.25) is 4.79 Å². The number of alkyl halides is 3. The van der Waals surface area contributed by atoms with E-state index in [1.54, 1.807) is 5.32 Å². The van der Waals surface area contributed by atoms with E-state index in [0.717, 1.165) is 12.1 Å². The van der Waals surface area contributed by atoms with Crippen molar-refractivity contribution in [3.05, 3.63) is 59.4 Å². The number of nitrogens with one attached hydrogen (secondary N) is 2. The molecule has 0 radical (unpaired) electrons. The van der Waals surface area contributed by atoms with E-state index in [0.29, 0.717) is 16.8 Å². The first kappa shape index (κ1) is 22.2. The van der Waals surface area contributed by atoms with Gasteiger partial charge in [0.15, 0.2) is 0 Å². The van der Waals surface area contributed by atoms with Gasteiger partial charge in [0.25, 0.3) is 0 Å². The van der Waals surface area contributed by atoms with Crippen LogP contribution in [0.1, 0.15) is 24.3 Å². The Bertz CT molecular complexity index is 1150. The van der Waals surface area contributed by atoms with E-state index in [2.05, 4.69) is 4.98 Å². The highest BCUT2D eigenvalue weighted by molar-refractivity contribution is 5.92. The largest absolute Gasteiger partial charge is 0.410 e. The van der Waals surface area contributed by atoms with Gasteiger partial charge in [0.1, 0.15) is 23.5 Å². The van der Waals surface area contributed by atoms with Crippen LogP contribution in [0.5, 0.6) is 0 Å². The average Bonchev–Trinajstić information content (AvgIpc) is 3.04. The van der Waals surface area contributed by atoms with Gasteiger partial charge in [-0.05, 0) is 60.2 Å². The molecule has 1 atom stereocenters. The number of carbonyl (C=O) groups is 1. The first-order valence-corrected chi connectivity index (χ1v) is 9.83. The number of hydrogen-bond donors (Lipinski definition) is 3. The molecule has 1 fully saturated rings. The number of rotatable bonds is 5. The summed E-state index contributed by atoms with van der Waals surface area (Å²) >= 11 is 0. The molecule has 1 aromatic heterocycles. The van der Waals surface area contributed by atoms with E-state index in [4.69, 9.17) is 5.11 Å². The number of fused-ring (bicyclic) bond motifs is 1. The van der Waals surface area contributed by atoms with Gasteiger partial charge in [0.05, 0.1) is 17.8 Å². The van der Waals surface area contributed by atoms with E-state index < -0.39 is 48.1 Å². The number of amides is 1.